The number of piperidine rings is 1. The Bertz CT molecular complexity index is 458. The van der Waals surface area contributed by atoms with E-state index in [-0.39, 0.29) is 18.5 Å². The van der Waals surface area contributed by atoms with Crippen LogP contribution in [0.5, 0.6) is 0 Å². The van der Waals surface area contributed by atoms with E-state index in [1.54, 1.807) is 4.90 Å². The third-order valence-electron chi connectivity index (χ3n) is 6.37. The van der Waals surface area contributed by atoms with Crippen molar-refractivity contribution >= 4 is 11.9 Å². The lowest BCUT2D eigenvalue weighted by Crippen LogP contribution is -2.54. The highest BCUT2D eigenvalue weighted by Gasteiger charge is 2.40. The Morgan fingerprint density at radius 3 is 2.42 bits per heavy atom. The quantitative estimate of drug-likeness (QED) is 0.861. The molecule has 0 aromatic heterocycles. The van der Waals surface area contributed by atoms with Crippen LogP contribution < -0.4 is 0 Å². The molecule has 24 heavy (non-hydrogen) atoms. The van der Waals surface area contributed by atoms with E-state index in [1.165, 1.54) is 51.4 Å². The molecule has 0 radical (unpaired) electrons. The molecule has 1 spiro atoms. The molecule has 5 nitrogen and oxygen atoms in total. The van der Waals surface area contributed by atoms with Gasteiger partial charge in [-0.2, -0.15) is 0 Å². The molecule has 5 heteroatoms. The fourth-order valence-electron chi connectivity index (χ4n) is 5.14. The van der Waals surface area contributed by atoms with Gasteiger partial charge >= 0.3 is 5.97 Å². The van der Waals surface area contributed by atoms with E-state index in [0.717, 1.165) is 32.4 Å². The van der Waals surface area contributed by atoms with Gasteiger partial charge < -0.3 is 10.0 Å². The Balaban J connectivity index is 1.71. The van der Waals surface area contributed by atoms with Gasteiger partial charge in [-0.25, -0.2) is 0 Å². The van der Waals surface area contributed by atoms with Crippen LogP contribution in [0.2, 0.25) is 0 Å². The summed E-state index contributed by atoms with van der Waals surface area (Å²) in [7, 11) is 0. The minimum Gasteiger partial charge on any atom is -0.480 e. The number of rotatable bonds is 3. The molecule has 3 aliphatic rings. The van der Waals surface area contributed by atoms with E-state index < -0.39 is 5.97 Å². The van der Waals surface area contributed by atoms with Gasteiger partial charge in [0.25, 0.3) is 0 Å². The first-order valence-corrected chi connectivity index (χ1v) is 9.84. The molecule has 2 saturated heterocycles. The van der Waals surface area contributed by atoms with Gasteiger partial charge in [-0.15, -0.1) is 0 Å². The van der Waals surface area contributed by atoms with Gasteiger partial charge in [0.1, 0.15) is 6.54 Å². The van der Waals surface area contributed by atoms with Gasteiger partial charge in [0, 0.05) is 13.1 Å². The summed E-state index contributed by atoms with van der Waals surface area (Å²) in [5, 5.41) is 9.09. The molecule has 2 heterocycles. The van der Waals surface area contributed by atoms with Crippen molar-refractivity contribution in [2.45, 2.75) is 76.7 Å². The molecule has 0 aromatic carbocycles. The number of hydrogen-bond acceptors (Lipinski definition) is 3. The van der Waals surface area contributed by atoms with Gasteiger partial charge in [-0.05, 0) is 56.9 Å². The molecular formula is C19H32N2O3. The Hall–Kier alpha value is -1.10. The second-order valence-electron chi connectivity index (χ2n) is 8.15. The van der Waals surface area contributed by atoms with Crippen molar-refractivity contribution in [3.05, 3.63) is 0 Å². The molecular weight excluding hydrogens is 304 g/mol. The predicted molar refractivity (Wildman–Crippen MR) is 92.8 cm³/mol. The van der Waals surface area contributed by atoms with Gasteiger partial charge in [0.05, 0.1) is 6.04 Å². The lowest BCUT2D eigenvalue weighted by molar-refractivity contribution is -0.147. The fraction of sp³-hybridized carbons (Fsp3) is 0.895. The van der Waals surface area contributed by atoms with E-state index in [2.05, 4.69) is 4.90 Å². The number of hydrogen-bond donors (Lipinski definition) is 1. The third kappa shape index (κ3) is 4.11. The number of amides is 1. The first kappa shape index (κ1) is 17.7. The summed E-state index contributed by atoms with van der Waals surface area (Å²) in [5.41, 5.74) is 0.416. The first-order chi connectivity index (χ1) is 11.6. The zero-order chi connectivity index (χ0) is 17.0. The van der Waals surface area contributed by atoms with Crippen molar-refractivity contribution in [3.63, 3.8) is 0 Å². The summed E-state index contributed by atoms with van der Waals surface area (Å²) < 4.78 is 0. The topological polar surface area (TPSA) is 60.9 Å². The molecule has 1 saturated carbocycles. The number of likely N-dealkylation sites (tertiary alicyclic amines) is 2. The van der Waals surface area contributed by atoms with Gasteiger partial charge in [0.15, 0.2) is 0 Å². The molecule has 0 aromatic rings. The van der Waals surface area contributed by atoms with Crippen molar-refractivity contribution in [1.82, 2.24) is 9.80 Å². The SMILES string of the molecule is O=C(O)CN1CCCCC(N2CCCC3(CCCCCC3)C2)C1=O. The fourth-order valence-corrected chi connectivity index (χ4v) is 5.14. The Morgan fingerprint density at radius 1 is 1.00 bits per heavy atom. The Morgan fingerprint density at radius 2 is 1.71 bits per heavy atom. The average Bonchev–Trinajstić information content (AvgIpc) is 2.87. The van der Waals surface area contributed by atoms with Crippen LogP contribution in [0.4, 0.5) is 0 Å². The standard InChI is InChI=1S/C19H32N2O3/c22-17(23)14-20-12-6-3-8-16(18(20)24)21-13-7-11-19(15-21)9-4-1-2-5-10-19/h16H,1-15H2,(H,22,23). The lowest BCUT2D eigenvalue weighted by atomic mass is 9.73. The molecule has 1 aliphatic carbocycles. The number of carboxylic acid groups (broad SMARTS) is 1. The predicted octanol–water partition coefficient (Wildman–Crippen LogP) is 2.89. The molecule has 3 fully saturated rings. The maximum atomic E-state index is 12.9. The molecule has 1 N–H and O–H groups in total. The first-order valence-electron chi connectivity index (χ1n) is 9.84. The number of carbonyl (C=O) groups is 2. The minimum atomic E-state index is -0.900. The summed E-state index contributed by atoms with van der Waals surface area (Å²) in [4.78, 5) is 28.0. The Labute approximate surface area is 145 Å². The number of aliphatic carboxylic acids is 1. The van der Waals surface area contributed by atoms with Crippen LogP contribution in [0, 0.1) is 5.41 Å². The maximum Gasteiger partial charge on any atom is 0.323 e. The van der Waals surface area contributed by atoms with E-state index >= 15 is 0 Å². The highest BCUT2D eigenvalue weighted by atomic mass is 16.4. The van der Waals surface area contributed by atoms with Crippen molar-refractivity contribution in [3.8, 4) is 0 Å². The zero-order valence-corrected chi connectivity index (χ0v) is 14.8. The van der Waals surface area contributed by atoms with Crippen molar-refractivity contribution < 1.29 is 14.7 Å². The van der Waals surface area contributed by atoms with Gasteiger partial charge in [-0.3, -0.25) is 14.5 Å². The number of carboxylic acids is 1. The van der Waals surface area contributed by atoms with Gasteiger partial charge in [0.2, 0.25) is 5.91 Å². The molecule has 2 aliphatic heterocycles. The Kier molecular flexibility index (Phi) is 5.80. The van der Waals surface area contributed by atoms with Crippen LogP contribution >= 0.6 is 0 Å². The molecule has 0 bridgehead atoms. The average molecular weight is 336 g/mol. The summed E-state index contributed by atoms with van der Waals surface area (Å²) in [6.07, 6.45) is 13.3. The van der Waals surface area contributed by atoms with Crippen molar-refractivity contribution in [1.29, 1.82) is 0 Å². The number of carbonyl (C=O) groups excluding carboxylic acids is 1. The molecule has 3 rings (SSSR count). The second kappa shape index (κ2) is 7.85. The van der Waals surface area contributed by atoms with Crippen LogP contribution in [0.25, 0.3) is 0 Å². The van der Waals surface area contributed by atoms with Crippen molar-refractivity contribution in [2.24, 2.45) is 5.41 Å². The van der Waals surface area contributed by atoms with E-state index in [1.807, 2.05) is 0 Å². The zero-order valence-electron chi connectivity index (χ0n) is 14.8. The van der Waals surface area contributed by atoms with Crippen molar-refractivity contribution in [2.75, 3.05) is 26.2 Å². The number of nitrogens with zero attached hydrogens (tertiary/aromatic N) is 2. The highest BCUT2D eigenvalue weighted by Crippen LogP contribution is 2.43. The largest absolute Gasteiger partial charge is 0.480 e. The molecule has 1 amide bonds. The molecule has 1 unspecified atom stereocenters. The minimum absolute atomic E-state index is 0.0561. The van der Waals surface area contributed by atoms with Crippen LogP contribution in [-0.4, -0.2) is 59.0 Å². The maximum absolute atomic E-state index is 12.9. The van der Waals surface area contributed by atoms with Crippen LogP contribution in [-0.2, 0) is 9.59 Å². The summed E-state index contributed by atoms with van der Waals surface area (Å²) in [6, 6.07) is -0.0905. The van der Waals surface area contributed by atoms with Crippen LogP contribution in [0.3, 0.4) is 0 Å². The van der Waals surface area contributed by atoms with E-state index in [0.29, 0.717) is 12.0 Å². The molecule has 136 valence electrons. The summed E-state index contributed by atoms with van der Waals surface area (Å²) in [6.45, 7) is 2.50. The van der Waals surface area contributed by atoms with Gasteiger partial charge in [-0.1, -0.05) is 25.7 Å². The smallest absolute Gasteiger partial charge is 0.323 e. The summed E-state index contributed by atoms with van der Waals surface area (Å²) in [5.74, 6) is -0.844. The second-order valence-corrected chi connectivity index (χ2v) is 8.15. The monoisotopic (exact) mass is 336 g/mol. The highest BCUT2D eigenvalue weighted by molar-refractivity contribution is 5.85. The normalized spacial score (nSPS) is 29.2. The van der Waals surface area contributed by atoms with Crippen LogP contribution in [0.1, 0.15) is 70.6 Å². The lowest BCUT2D eigenvalue weighted by Gasteiger charge is -2.45. The molecule has 1 atom stereocenters. The van der Waals surface area contributed by atoms with E-state index in [4.69, 9.17) is 5.11 Å². The van der Waals surface area contributed by atoms with Crippen LogP contribution in [0.15, 0.2) is 0 Å². The third-order valence-corrected chi connectivity index (χ3v) is 6.37. The summed E-state index contributed by atoms with van der Waals surface area (Å²) >= 11 is 0. The van der Waals surface area contributed by atoms with E-state index in [9.17, 15) is 9.59 Å².